The molecule has 0 spiro atoms. The highest BCUT2D eigenvalue weighted by Gasteiger charge is 2.60. The minimum Gasteiger partial charge on any atom is -0.460 e. The molecule has 2 bridgehead atoms. The lowest BCUT2D eigenvalue weighted by molar-refractivity contribution is -0.177. The fourth-order valence-corrected chi connectivity index (χ4v) is 4.12. The van der Waals surface area contributed by atoms with Crippen LogP contribution in [0.3, 0.4) is 0 Å². The van der Waals surface area contributed by atoms with Crippen LogP contribution in [0.15, 0.2) is 0 Å². The topological polar surface area (TPSA) is 48.0 Å². The van der Waals surface area contributed by atoms with E-state index in [1.165, 1.54) is 0 Å². The van der Waals surface area contributed by atoms with Gasteiger partial charge in [-0.25, -0.2) is 0 Å². The molecule has 4 aliphatic rings. The Morgan fingerprint density at radius 1 is 1.24 bits per heavy atom. The van der Waals surface area contributed by atoms with Crippen LogP contribution < -0.4 is 0 Å². The Kier molecular flexibility index (Phi) is 3.39. The molecule has 5 atom stereocenters. The quantitative estimate of drug-likeness (QED) is 0.691. The van der Waals surface area contributed by atoms with Gasteiger partial charge in [-0.05, 0) is 48.1 Å². The van der Waals surface area contributed by atoms with E-state index < -0.39 is 11.4 Å². The van der Waals surface area contributed by atoms with Gasteiger partial charge in [0.15, 0.2) is 5.79 Å². The summed E-state index contributed by atoms with van der Waals surface area (Å²) >= 11 is 0. The highest BCUT2D eigenvalue weighted by Crippen LogP contribution is 2.48. The van der Waals surface area contributed by atoms with Crippen LogP contribution in [0, 0.1) is 11.8 Å². The van der Waals surface area contributed by atoms with Crippen molar-refractivity contribution >= 4 is 5.97 Å². The van der Waals surface area contributed by atoms with E-state index in [0.717, 1.165) is 13.0 Å². The molecule has 0 radical (unpaired) electrons. The summed E-state index contributed by atoms with van der Waals surface area (Å²) < 4.78 is 17.8. The number of hydrogen-bond acceptors (Lipinski definition) is 5. The van der Waals surface area contributed by atoms with Crippen LogP contribution in [0.25, 0.3) is 0 Å². The van der Waals surface area contributed by atoms with Crippen LogP contribution in [0.1, 0.15) is 41.0 Å². The van der Waals surface area contributed by atoms with Gasteiger partial charge in [0.25, 0.3) is 0 Å². The van der Waals surface area contributed by atoms with Crippen LogP contribution in [0.2, 0.25) is 0 Å². The van der Waals surface area contributed by atoms with Crippen molar-refractivity contribution in [2.75, 3.05) is 13.6 Å². The summed E-state index contributed by atoms with van der Waals surface area (Å²) in [6.07, 6.45) is 0.916. The second kappa shape index (κ2) is 4.67. The van der Waals surface area contributed by atoms with E-state index in [9.17, 15) is 4.79 Å². The molecule has 0 aromatic carbocycles. The van der Waals surface area contributed by atoms with Crippen molar-refractivity contribution in [2.24, 2.45) is 11.8 Å². The maximum atomic E-state index is 12.6. The molecular formula is C16H27NO4. The van der Waals surface area contributed by atoms with E-state index in [0.29, 0.717) is 5.92 Å². The van der Waals surface area contributed by atoms with Gasteiger partial charge < -0.3 is 14.2 Å². The monoisotopic (exact) mass is 297 g/mol. The summed E-state index contributed by atoms with van der Waals surface area (Å²) in [5, 5.41) is 0. The van der Waals surface area contributed by atoms with Crippen molar-refractivity contribution in [1.82, 2.24) is 4.90 Å². The first-order valence-electron chi connectivity index (χ1n) is 7.86. The zero-order valence-electron chi connectivity index (χ0n) is 13.9. The van der Waals surface area contributed by atoms with Crippen molar-refractivity contribution in [2.45, 2.75) is 70.7 Å². The molecule has 0 amide bonds. The summed E-state index contributed by atoms with van der Waals surface area (Å²) in [5.41, 5.74) is -0.446. The SMILES string of the molecule is CN1C[C@@H]2C[C@@H](C(=O)OC(C)(C)C)[C@H]1[C@@H]1OC(C)(C)O[C@H]21. The number of likely N-dealkylation sites (N-methyl/N-ethyl adjacent to an activating group) is 1. The minimum atomic E-state index is -0.556. The second-order valence-electron chi connectivity index (χ2n) is 8.13. The number of esters is 1. The molecule has 4 fully saturated rings. The van der Waals surface area contributed by atoms with Gasteiger partial charge in [0, 0.05) is 12.5 Å². The number of nitrogens with zero attached hydrogens (tertiary/aromatic N) is 1. The molecule has 5 heteroatoms. The molecule has 4 rings (SSSR count). The first kappa shape index (κ1) is 15.3. The molecule has 3 heterocycles. The van der Waals surface area contributed by atoms with E-state index in [4.69, 9.17) is 14.2 Å². The summed E-state index contributed by atoms with van der Waals surface area (Å²) in [6, 6.07) is 0.0524. The number of hydrogen-bond donors (Lipinski definition) is 0. The molecule has 1 saturated carbocycles. The van der Waals surface area contributed by atoms with Gasteiger partial charge >= 0.3 is 5.97 Å². The lowest BCUT2D eigenvalue weighted by atomic mass is 9.69. The second-order valence-corrected chi connectivity index (χ2v) is 8.13. The first-order chi connectivity index (χ1) is 9.57. The predicted molar refractivity (Wildman–Crippen MR) is 77.7 cm³/mol. The van der Waals surface area contributed by atoms with Gasteiger partial charge in [-0.1, -0.05) is 0 Å². The first-order valence-corrected chi connectivity index (χ1v) is 7.86. The predicted octanol–water partition coefficient (Wildman–Crippen LogP) is 1.80. The summed E-state index contributed by atoms with van der Waals surface area (Å²) in [7, 11) is 2.07. The lowest BCUT2D eigenvalue weighted by Gasteiger charge is -2.52. The van der Waals surface area contributed by atoms with E-state index in [2.05, 4.69) is 11.9 Å². The zero-order chi connectivity index (χ0) is 15.6. The highest BCUT2D eigenvalue weighted by molar-refractivity contribution is 5.74. The Labute approximate surface area is 126 Å². The molecule has 120 valence electrons. The van der Waals surface area contributed by atoms with Crippen molar-refractivity contribution in [3.63, 3.8) is 0 Å². The summed E-state index contributed by atoms with van der Waals surface area (Å²) in [4.78, 5) is 14.8. The minimum absolute atomic E-state index is 0.0324. The van der Waals surface area contributed by atoms with Crippen molar-refractivity contribution in [3.8, 4) is 0 Å². The molecule has 5 nitrogen and oxygen atoms in total. The van der Waals surface area contributed by atoms with Gasteiger partial charge in [-0.2, -0.15) is 0 Å². The zero-order valence-corrected chi connectivity index (χ0v) is 13.9. The van der Waals surface area contributed by atoms with Crippen LogP contribution in [0.4, 0.5) is 0 Å². The maximum Gasteiger partial charge on any atom is 0.311 e. The van der Waals surface area contributed by atoms with Gasteiger partial charge in [0.2, 0.25) is 0 Å². The van der Waals surface area contributed by atoms with Crippen molar-refractivity contribution in [3.05, 3.63) is 0 Å². The number of fused-ring (bicyclic) bond motifs is 2. The summed E-state index contributed by atoms with van der Waals surface area (Å²) in [6.45, 7) is 10.6. The Morgan fingerprint density at radius 3 is 2.48 bits per heavy atom. The molecule has 21 heavy (non-hydrogen) atoms. The number of carbonyl (C=O) groups excluding carboxylic acids is 1. The molecule has 3 aliphatic heterocycles. The van der Waals surface area contributed by atoms with Gasteiger partial charge in [-0.3, -0.25) is 9.69 Å². The van der Waals surface area contributed by atoms with Gasteiger partial charge in [0.1, 0.15) is 11.7 Å². The third-order valence-electron chi connectivity index (χ3n) is 4.67. The van der Waals surface area contributed by atoms with Gasteiger partial charge in [-0.15, -0.1) is 0 Å². The normalized spacial score (nSPS) is 41.9. The number of ether oxygens (including phenoxy) is 3. The Balaban J connectivity index is 1.82. The largest absolute Gasteiger partial charge is 0.460 e. The Bertz CT molecular complexity index is 442. The number of rotatable bonds is 1. The van der Waals surface area contributed by atoms with Crippen LogP contribution >= 0.6 is 0 Å². The third-order valence-corrected chi connectivity index (χ3v) is 4.67. The third kappa shape index (κ3) is 2.71. The van der Waals surface area contributed by atoms with Crippen molar-refractivity contribution in [1.29, 1.82) is 0 Å². The van der Waals surface area contributed by atoms with Crippen LogP contribution in [-0.4, -0.2) is 54.1 Å². The number of piperidine rings is 2. The van der Waals surface area contributed by atoms with E-state index >= 15 is 0 Å². The summed E-state index contributed by atoms with van der Waals surface area (Å²) in [5.74, 6) is -0.438. The number of carbonyl (C=O) groups is 1. The average molecular weight is 297 g/mol. The average Bonchev–Trinajstić information content (AvgIpc) is 2.62. The Morgan fingerprint density at radius 2 is 1.86 bits per heavy atom. The van der Waals surface area contributed by atoms with Crippen molar-refractivity contribution < 1.29 is 19.0 Å². The molecule has 3 saturated heterocycles. The van der Waals surface area contributed by atoms with E-state index in [1.54, 1.807) is 0 Å². The molecule has 0 aromatic heterocycles. The standard InChI is InChI=1S/C16H27NO4/c1-15(2,3)21-14(18)10-7-9-8-17(6)11(10)13-12(9)19-16(4,5)20-13/h9-13H,7-8H2,1-6H3/t9-,10+,11-,12+,13-/m0/s1. The molecule has 0 unspecified atom stereocenters. The smallest absolute Gasteiger partial charge is 0.311 e. The lowest BCUT2D eigenvalue weighted by Crippen LogP contribution is -2.66. The van der Waals surface area contributed by atoms with Crippen LogP contribution in [-0.2, 0) is 19.0 Å². The van der Waals surface area contributed by atoms with Gasteiger partial charge in [0.05, 0.1) is 18.1 Å². The maximum absolute atomic E-state index is 12.6. The molecule has 1 aliphatic carbocycles. The fraction of sp³-hybridized carbons (Fsp3) is 0.938. The Hall–Kier alpha value is -0.650. The molecule has 0 aromatic rings. The van der Waals surface area contributed by atoms with Crippen LogP contribution in [0.5, 0.6) is 0 Å². The van der Waals surface area contributed by atoms with E-state index in [-0.39, 0.29) is 30.1 Å². The highest BCUT2D eigenvalue weighted by atomic mass is 16.8. The molecule has 0 N–H and O–H groups in total. The fourth-order valence-electron chi connectivity index (χ4n) is 4.12. The van der Waals surface area contributed by atoms with E-state index in [1.807, 2.05) is 34.6 Å². The molecular weight excluding hydrogens is 270 g/mol.